The summed E-state index contributed by atoms with van der Waals surface area (Å²) in [5.41, 5.74) is 3.32. The molecule has 1 aliphatic rings. The molecule has 2 aromatic rings. The predicted molar refractivity (Wildman–Crippen MR) is 99.8 cm³/mol. The second kappa shape index (κ2) is 7.70. The zero-order chi connectivity index (χ0) is 17.8. The number of halogens is 1. The zero-order valence-electron chi connectivity index (χ0n) is 14.2. The van der Waals surface area contributed by atoms with Crippen LogP contribution in [-0.2, 0) is 22.4 Å². The van der Waals surface area contributed by atoms with Crippen molar-refractivity contribution < 1.29 is 9.59 Å². The molecule has 2 amide bonds. The van der Waals surface area contributed by atoms with Crippen LogP contribution >= 0.6 is 11.6 Å². The van der Waals surface area contributed by atoms with Crippen LogP contribution < -0.4 is 10.2 Å². The van der Waals surface area contributed by atoms with Gasteiger partial charge in [0.2, 0.25) is 11.8 Å². The van der Waals surface area contributed by atoms with E-state index in [2.05, 4.69) is 5.32 Å². The van der Waals surface area contributed by atoms with E-state index in [0.29, 0.717) is 6.54 Å². The van der Waals surface area contributed by atoms with Gasteiger partial charge in [0.25, 0.3) is 0 Å². The van der Waals surface area contributed by atoms with E-state index in [1.165, 1.54) is 11.1 Å². The van der Waals surface area contributed by atoms with Gasteiger partial charge in [-0.25, -0.2) is 0 Å². The third-order valence-electron chi connectivity index (χ3n) is 4.61. The first-order valence-electron chi connectivity index (χ1n) is 8.42. The van der Waals surface area contributed by atoms with Crippen molar-refractivity contribution in [1.82, 2.24) is 5.32 Å². The summed E-state index contributed by atoms with van der Waals surface area (Å²) in [5.74, 6) is -0.333. The molecule has 0 saturated carbocycles. The average Bonchev–Trinajstić information content (AvgIpc) is 3.03. The Morgan fingerprint density at radius 2 is 1.64 bits per heavy atom. The van der Waals surface area contributed by atoms with Crippen molar-refractivity contribution >= 4 is 29.1 Å². The first-order chi connectivity index (χ1) is 12.1. The summed E-state index contributed by atoms with van der Waals surface area (Å²) in [5, 5.41) is 3.37. The Balaban J connectivity index is 1.61. The Bertz CT molecular complexity index is 756. The highest BCUT2D eigenvalue weighted by Gasteiger charge is 2.34. The van der Waals surface area contributed by atoms with Gasteiger partial charge in [-0.3, -0.25) is 9.59 Å². The SMILES string of the molecule is CNC(=O)C1CC(=O)N(c2ccc(CCc3ccc(Cl)cc3)cc2)C1. The Kier molecular flexibility index (Phi) is 5.39. The van der Waals surface area contributed by atoms with Gasteiger partial charge in [-0.2, -0.15) is 0 Å². The van der Waals surface area contributed by atoms with Crippen LogP contribution in [0.15, 0.2) is 48.5 Å². The number of amides is 2. The van der Waals surface area contributed by atoms with Gasteiger partial charge in [-0.1, -0.05) is 35.9 Å². The molecule has 1 heterocycles. The highest BCUT2D eigenvalue weighted by molar-refractivity contribution is 6.30. The molecule has 0 spiro atoms. The molecule has 1 fully saturated rings. The molecule has 1 unspecified atom stereocenters. The number of nitrogens with zero attached hydrogens (tertiary/aromatic N) is 1. The minimum Gasteiger partial charge on any atom is -0.359 e. The standard InChI is InChI=1S/C20H21ClN2O2/c1-22-20(25)16-12-19(24)23(13-16)18-10-6-15(7-11-18)3-2-14-4-8-17(21)9-5-14/h4-11,16H,2-3,12-13H2,1H3,(H,22,25). The van der Waals surface area contributed by atoms with Crippen LogP contribution in [0, 0.1) is 5.92 Å². The first kappa shape index (κ1) is 17.5. The van der Waals surface area contributed by atoms with Crippen LogP contribution in [0.4, 0.5) is 5.69 Å². The summed E-state index contributed by atoms with van der Waals surface area (Å²) in [6.45, 7) is 0.447. The van der Waals surface area contributed by atoms with E-state index >= 15 is 0 Å². The molecule has 0 radical (unpaired) electrons. The van der Waals surface area contributed by atoms with E-state index in [9.17, 15) is 9.59 Å². The molecule has 4 nitrogen and oxygen atoms in total. The van der Waals surface area contributed by atoms with Gasteiger partial charge in [0.05, 0.1) is 5.92 Å². The monoisotopic (exact) mass is 356 g/mol. The van der Waals surface area contributed by atoms with Crippen molar-refractivity contribution in [3.63, 3.8) is 0 Å². The van der Waals surface area contributed by atoms with E-state index in [1.807, 2.05) is 48.5 Å². The van der Waals surface area contributed by atoms with Crippen LogP contribution in [0.2, 0.25) is 5.02 Å². The number of hydrogen-bond acceptors (Lipinski definition) is 2. The van der Waals surface area contributed by atoms with Gasteiger partial charge >= 0.3 is 0 Å². The Hall–Kier alpha value is -2.33. The lowest BCUT2D eigenvalue weighted by molar-refractivity contribution is -0.125. The highest BCUT2D eigenvalue weighted by atomic mass is 35.5. The molecule has 1 N–H and O–H groups in total. The summed E-state index contributed by atoms with van der Waals surface area (Å²) >= 11 is 5.90. The molecule has 1 aliphatic heterocycles. The minimum absolute atomic E-state index is 0.00233. The third kappa shape index (κ3) is 4.20. The molecule has 0 aliphatic carbocycles. The summed E-state index contributed by atoms with van der Waals surface area (Å²) < 4.78 is 0. The number of carbonyl (C=O) groups excluding carboxylic acids is 2. The van der Waals surface area contributed by atoms with Gasteiger partial charge in [0, 0.05) is 30.7 Å². The number of anilines is 1. The van der Waals surface area contributed by atoms with Gasteiger partial charge in [-0.15, -0.1) is 0 Å². The van der Waals surface area contributed by atoms with Crippen LogP contribution in [0.25, 0.3) is 0 Å². The molecule has 1 saturated heterocycles. The lowest BCUT2D eigenvalue weighted by Gasteiger charge is -2.17. The van der Waals surface area contributed by atoms with Crippen molar-refractivity contribution in [2.45, 2.75) is 19.3 Å². The minimum atomic E-state index is -0.262. The Morgan fingerprint density at radius 3 is 2.20 bits per heavy atom. The molecular weight excluding hydrogens is 336 g/mol. The summed E-state index contributed by atoms with van der Waals surface area (Å²) in [6.07, 6.45) is 2.15. The summed E-state index contributed by atoms with van der Waals surface area (Å²) in [4.78, 5) is 25.6. The number of aryl methyl sites for hydroxylation is 2. The highest BCUT2D eigenvalue weighted by Crippen LogP contribution is 2.25. The second-order valence-electron chi connectivity index (χ2n) is 6.31. The number of benzene rings is 2. The molecule has 0 aromatic heterocycles. The number of rotatable bonds is 5. The molecule has 1 atom stereocenters. The smallest absolute Gasteiger partial charge is 0.227 e. The Labute approximate surface area is 152 Å². The van der Waals surface area contributed by atoms with Crippen LogP contribution in [0.5, 0.6) is 0 Å². The van der Waals surface area contributed by atoms with Gasteiger partial charge in [0.15, 0.2) is 0 Å². The lowest BCUT2D eigenvalue weighted by atomic mass is 10.0. The maximum atomic E-state index is 12.2. The maximum absolute atomic E-state index is 12.2. The number of nitrogens with one attached hydrogen (secondary N) is 1. The molecule has 5 heteroatoms. The zero-order valence-corrected chi connectivity index (χ0v) is 14.9. The van der Waals surface area contributed by atoms with Crippen molar-refractivity contribution in [2.24, 2.45) is 5.92 Å². The Morgan fingerprint density at radius 1 is 1.08 bits per heavy atom. The van der Waals surface area contributed by atoms with E-state index in [1.54, 1.807) is 11.9 Å². The maximum Gasteiger partial charge on any atom is 0.227 e. The van der Waals surface area contributed by atoms with E-state index < -0.39 is 0 Å². The normalized spacial score (nSPS) is 17.0. The fraction of sp³-hybridized carbons (Fsp3) is 0.300. The summed E-state index contributed by atoms with van der Waals surface area (Å²) in [6, 6.07) is 15.9. The summed E-state index contributed by atoms with van der Waals surface area (Å²) in [7, 11) is 1.60. The van der Waals surface area contributed by atoms with Crippen molar-refractivity contribution in [1.29, 1.82) is 0 Å². The lowest BCUT2D eigenvalue weighted by Crippen LogP contribution is -2.30. The largest absolute Gasteiger partial charge is 0.359 e. The fourth-order valence-corrected chi connectivity index (χ4v) is 3.25. The molecule has 2 aromatic carbocycles. The molecule has 3 rings (SSSR count). The number of hydrogen-bond donors (Lipinski definition) is 1. The number of carbonyl (C=O) groups is 2. The first-order valence-corrected chi connectivity index (χ1v) is 8.80. The molecule has 0 bridgehead atoms. The second-order valence-corrected chi connectivity index (χ2v) is 6.75. The van der Waals surface area contributed by atoms with E-state index in [0.717, 1.165) is 23.6 Å². The fourth-order valence-electron chi connectivity index (χ4n) is 3.12. The van der Waals surface area contributed by atoms with Crippen LogP contribution in [0.1, 0.15) is 17.5 Å². The predicted octanol–water partition coefficient (Wildman–Crippen LogP) is 3.22. The van der Waals surface area contributed by atoms with Gasteiger partial charge in [-0.05, 0) is 48.2 Å². The van der Waals surface area contributed by atoms with Crippen LogP contribution in [0.3, 0.4) is 0 Å². The topological polar surface area (TPSA) is 49.4 Å². The molecule has 25 heavy (non-hydrogen) atoms. The molecular formula is C20H21ClN2O2. The van der Waals surface area contributed by atoms with Crippen LogP contribution in [-0.4, -0.2) is 25.4 Å². The van der Waals surface area contributed by atoms with Gasteiger partial charge in [0.1, 0.15) is 0 Å². The molecule has 130 valence electrons. The average molecular weight is 357 g/mol. The third-order valence-corrected chi connectivity index (χ3v) is 4.86. The quantitative estimate of drug-likeness (QED) is 0.894. The van der Waals surface area contributed by atoms with Gasteiger partial charge < -0.3 is 10.2 Å². The van der Waals surface area contributed by atoms with E-state index in [4.69, 9.17) is 11.6 Å². The van der Waals surface area contributed by atoms with Crippen molar-refractivity contribution in [3.05, 3.63) is 64.7 Å². The van der Waals surface area contributed by atoms with Crippen molar-refractivity contribution in [3.8, 4) is 0 Å². The van der Waals surface area contributed by atoms with Crippen molar-refractivity contribution in [2.75, 3.05) is 18.5 Å². The van der Waals surface area contributed by atoms with E-state index in [-0.39, 0.29) is 24.2 Å².